The summed E-state index contributed by atoms with van der Waals surface area (Å²) in [5, 5.41) is 8.65. The lowest BCUT2D eigenvalue weighted by Crippen LogP contribution is -2.22. The largest absolute Gasteiger partial charge is 0.368 e. The molecule has 76 valence electrons. The Morgan fingerprint density at radius 2 is 1.93 bits per heavy atom. The highest BCUT2D eigenvalue weighted by molar-refractivity contribution is 5.41. The van der Waals surface area contributed by atoms with E-state index in [0.29, 0.717) is 5.95 Å². The van der Waals surface area contributed by atoms with Crippen molar-refractivity contribution in [3.05, 3.63) is 0 Å². The molecule has 1 aromatic rings. The summed E-state index contributed by atoms with van der Waals surface area (Å²) < 4.78 is 0. The van der Waals surface area contributed by atoms with Gasteiger partial charge in [-0.15, -0.1) is 0 Å². The van der Waals surface area contributed by atoms with E-state index in [2.05, 4.69) is 15.0 Å². The summed E-state index contributed by atoms with van der Waals surface area (Å²) in [6.07, 6.45) is 2.26. The van der Waals surface area contributed by atoms with Crippen LogP contribution >= 0.6 is 0 Å². The average Bonchev–Trinajstić information content (AvgIpc) is 2.69. The number of rotatable bonds is 2. The fraction of sp³-hybridized carbons (Fsp3) is 0.571. The first-order valence-corrected chi connectivity index (χ1v) is 4.46. The minimum absolute atomic E-state index is 0.0828. The van der Waals surface area contributed by atoms with Gasteiger partial charge in [0.05, 0.1) is 0 Å². The van der Waals surface area contributed by atoms with Crippen molar-refractivity contribution in [2.75, 3.05) is 29.2 Å². The standard InChI is InChI=1S/C7H12N6O/c8-5-9-6(12-14)11-7(10-5)13-3-1-2-4-13/h14H,1-4H2,(H3,8,9,10,11,12). The fourth-order valence-electron chi connectivity index (χ4n) is 1.49. The molecule has 0 bridgehead atoms. The predicted octanol–water partition coefficient (Wildman–Crippen LogP) is -0.145. The molecule has 1 fully saturated rings. The molecule has 0 saturated carbocycles. The Hall–Kier alpha value is -1.63. The topological polar surface area (TPSA) is 100 Å². The highest BCUT2D eigenvalue weighted by Gasteiger charge is 2.16. The van der Waals surface area contributed by atoms with Crippen molar-refractivity contribution in [1.82, 2.24) is 15.0 Å². The van der Waals surface area contributed by atoms with Crippen molar-refractivity contribution >= 4 is 17.8 Å². The molecule has 0 aromatic carbocycles. The summed E-state index contributed by atoms with van der Waals surface area (Å²) >= 11 is 0. The van der Waals surface area contributed by atoms with Crippen LogP contribution in [-0.2, 0) is 0 Å². The number of anilines is 3. The number of nitrogens with one attached hydrogen (secondary N) is 1. The zero-order chi connectivity index (χ0) is 9.97. The summed E-state index contributed by atoms with van der Waals surface area (Å²) in [5.41, 5.74) is 7.33. The Labute approximate surface area is 80.9 Å². The molecule has 2 rings (SSSR count). The second-order valence-corrected chi connectivity index (χ2v) is 3.12. The van der Waals surface area contributed by atoms with Gasteiger partial charge in [-0.2, -0.15) is 15.0 Å². The van der Waals surface area contributed by atoms with E-state index in [1.807, 2.05) is 10.4 Å². The highest BCUT2D eigenvalue weighted by Crippen LogP contribution is 2.17. The van der Waals surface area contributed by atoms with Gasteiger partial charge in [0.25, 0.3) is 5.95 Å². The Balaban J connectivity index is 2.27. The zero-order valence-corrected chi connectivity index (χ0v) is 7.64. The Morgan fingerprint density at radius 1 is 1.21 bits per heavy atom. The average molecular weight is 196 g/mol. The summed E-state index contributed by atoms with van der Waals surface area (Å²) in [5.74, 6) is 0.712. The smallest absolute Gasteiger partial charge is 0.253 e. The van der Waals surface area contributed by atoms with E-state index >= 15 is 0 Å². The predicted molar refractivity (Wildman–Crippen MR) is 51.1 cm³/mol. The van der Waals surface area contributed by atoms with Crippen LogP contribution in [0, 0.1) is 0 Å². The van der Waals surface area contributed by atoms with Crippen LogP contribution in [0.4, 0.5) is 17.8 Å². The molecular weight excluding hydrogens is 184 g/mol. The lowest BCUT2D eigenvalue weighted by molar-refractivity contribution is 0.382. The SMILES string of the molecule is Nc1nc(NO)nc(N2CCCC2)n1. The molecule has 1 aliphatic heterocycles. The maximum Gasteiger partial charge on any atom is 0.253 e. The monoisotopic (exact) mass is 196 g/mol. The molecule has 14 heavy (non-hydrogen) atoms. The van der Waals surface area contributed by atoms with Crippen molar-refractivity contribution in [3.8, 4) is 0 Å². The van der Waals surface area contributed by atoms with E-state index in [1.165, 1.54) is 0 Å². The second-order valence-electron chi connectivity index (χ2n) is 3.12. The third-order valence-corrected chi connectivity index (χ3v) is 2.13. The second kappa shape index (κ2) is 3.62. The number of nitrogens with zero attached hydrogens (tertiary/aromatic N) is 4. The quantitative estimate of drug-likeness (QED) is 0.566. The van der Waals surface area contributed by atoms with Crippen LogP contribution in [0.15, 0.2) is 0 Å². The van der Waals surface area contributed by atoms with Crippen molar-refractivity contribution in [3.63, 3.8) is 0 Å². The molecular formula is C7H12N6O. The van der Waals surface area contributed by atoms with E-state index in [0.717, 1.165) is 25.9 Å². The first-order valence-electron chi connectivity index (χ1n) is 4.46. The molecule has 1 aliphatic rings. The number of hydrogen-bond acceptors (Lipinski definition) is 7. The van der Waals surface area contributed by atoms with Gasteiger partial charge in [-0.25, -0.2) is 5.48 Å². The van der Waals surface area contributed by atoms with Gasteiger partial charge in [0.2, 0.25) is 11.9 Å². The molecule has 0 unspecified atom stereocenters. The van der Waals surface area contributed by atoms with E-state index < -0.39 is 0 Å². The van der Waals surface area contributed by atoms with Gasteiger partial charge in [0.15, 0.2) is 0 Å². The minimum Gasteiger partial charge on any atom is -0.368 e. The van der Waals surface area contributed by atoms with Crippen LogP contribution in [-0.4, -0.2) is 33.2 Å². The molecule has 1 aromatic heterocycles. The van der Waals surface area contributed by atoms with Crippen LogP contribution < -0.4 is 16.1 Å². The van der Waals surface area contributed by atoms with Crippen LogP contribution in [0.25, 0.3) is 0 Å². The molecule has 0 radical (unpaired) electrons. The van der Waals surface area contributed by atoms with Crippen LogP contribution in [0.1, 0.15) is 12.8 Å². The molecule has 7 heteroatoms. The van der Waals surface area contributed by atoms with E-state index in [-0.39, 0.29) is 11.9 Å². The summed E-state index contributed by atoms with van der Waals surface area (Å²) in [7, 11) is 0. The maximum atomic E-state index is 8.65. The molecule has 0 atom stereocenters. The van der Waals surface area contributed by atoms with E-state index in [4.69, 9.17) is 10.9 Å². The number of hydrogen-bond donors (Lipinski definition) is 3. The lowest BCUT2D eigenvalue weighted by atomic mass is 10.4. The van der Waals surface area contributed by atoms with Gasteiger partial charge in [-0.05, 0) is 12.8 Å². The van der Waals surface area contributed by atoms with Gasteiger partial charge >= 0.3 is 0 Å². The van der Waals surface area contributed by atoms with Gasteiger partial charge in [-0.1, -0.05) is 0 Å². The number of nitrogens with two attached hydrogens (primary N) is 1. The molecule has 7 nitrogen and oxygen atoms in total. The summed E-state index contributed by atoms with van der Waals surface area (Å²) in [6, 6.07) is 0. The molecule has 1 saturated heterocycles. The molecule has 2 heterocycles. The van der Waals surface area contributed by atoms with Crippen molar-refractivity contribution in [2.45, 2.75) is 12.8 Å². The number of nitrogen functional groups attached to an aromatic ring is 1. The third kappa shape index (κ3) is 1.67. The summed E-state index contributed by atoms with van der Waals surface area (Å²) in [4.78, 5) is 13.7. The maximum absolute atomic E-state index is 8.65. The zero-order valence-electron chi connectivity index (χ0n) is 7.64. The minimum atomic E-state index is 0.0828. The van der Waals surface area contributed by atoms with Crippen LogP contribution in [0.5, 0.6) is 0 Å². The molecule has 0 spiro atoms. The normalized spacial score (nSPS) is 15.9. The third-order valence-electron chi connectivity index (χ3n) is 2.13. The van der Waals surface area contributed by atoms with Gasteiger partial charge in [-0.3, -0.25) is 5.21 Å². The Morgan fingerprint density at radius 3 is 2.57 bits per heavy atom. The van der Waals surface area contributed by atoms with Crippen molar-refractivity contribution < 1.29 is 5.21 Å². The summed E-state index contributed by atoms with van der Waals surface area (Å²) in [6.45, 7) is 1.85. The van der Waals surface area contributed by atoms with E-state index in [1.54, 1.807) is 0 Å². The van der Waals surface area contributed by atoms with E-state index in [9.17, 15) is 0 Å². The Kier molecular flexibility index (Phi) is 2.32. The van der Waals surface area contributed by atoms with Gasteiger partial charge in [0, 0.05) is 13.1 Å². The van der Waals surface area contributed by atoms with Gasteiger partial charge < -0.3 is 10.6 Å². The first kappa shape index (κ1) is 8.95. The van der Waals surface area contributed by atoms with Crippen molar-refractivity contribution in [1.29, 1.82) is 0 Å². The lowest BCUT2D eigenvalue weighted by Gasteiger charge is -2.15. The van der Waals surface area contributed by atoms with Crippen LogP contribution in [0.2, 0.25) is 0 Å². The first-order chi connectivity index (χ1) is 6.79. The molecule has 4 N–H and O–H groups in total. The Bertz CT molecular complexity index is 324. The fourth-order valence-corrected chi connectivity index (χ4v) is 1.49. The highest BCUT2D eigenvalue weighted by atomic mass is 16.5. The van der Waals surface area contributed by atoms with Crippen LogP contribution in [0.3, 0.4) is 0 Å². The molecule has 0 aliphatic carbocycles. The molecule has 0 amide bonds. The van der Waals surface area contributed by atoms with Crippen molar-refractivity contribution in [2.24, 2.45) is 0 Å². The van der Waals surface area contributed by atoms with Gasteiger partial charge in [0.1, 0.15) is 0 Å². The number of aromatic nitrogens is 3.